The van der Waals surface area contributed by atoms with Gasteiger partial charge in [-0.2, -0.15) is 0 Å². The Kier molecular flexibility index (Phi) is 4.44. The Bertz CT molecular complexity index is 444. The fourth-order valence-corrected chi connectivity index (χ4v) is 3.24. The lowest BCUT2D eigenvalue weighted by Gasteiger charge is -2.35. The number of halogens is 1. The monoisotopic (exact) mass is 309 g/mol. The molecule has 0 aromatic heterocycles. The van der Waals surface area contributed by atoms with Crippen molar-refractivity contribution in [2.45, 2.75) is 39.2 Å². The van der Waals surface area contributed by atoms with Gasteiger partial charge in [0.2, 0.25) is 0 Å². The lowest BCUT2D eigenvalue weighted by atomic mass is 9.98. The Morgan fingerprint density at radius 3 is 2.89 bits per heavy atom. The number of rotatable bonds is 2. The van der Waals surface area contributed by atoms with Gasteiger partial charge in [0.1, 0.15) is 0 Å². The number of hydrogen-bond donors (Lipinski definition) is 0. The first-order valence-corrected chi connectivity index (χ1v) is 7.70. The molecule has 1 aliphatic heterocycles. The minimum atomic E-state index is 0.195. The van der Waals surface area contributed by atoms with Crippen molar-refractivity contribution in [3.8, 4) is 0 Å². The van der Waals surface area contributed by atoms with Crippen LogP contribution in [-0.4, -0.2) is 28.7 Å². The summed E-state index contributed by atoms with van der Waals surface area (Å²) in [4.78, 5) is 14.7. The number of carbonyl (C=O) groups is 1. The summed E-state index contributed by atoms with van der Waals surface area (Å²) in [5, 5.41) is 0.879. The van der Waals surface area contributed by atoms with Crippen molar-refractivity contribution in [3.63, 3.8) is 0 Å². The van der Waals surface area contributed by atoms with Crippen molar-refractivity contribution in [2.75, 3.05) is 11.9 Å². The average Bonchev–Trinajstić information content (AvgIpc) is 2.41. The summed E-state index contributed by atoms with van der Waals surface area (Å²) in [6.45, 7) is 4.99. The maximum absolute atomic E-state index is 12.6. The van der Waals surface area contributed by atoms with Crippen molar-refractivity contribution in [1.82, 2.24) is 4.90 Å². The van der Waals surface area contributed by atoms with Crippen molar-refractivity contribution < 1.29 is 4.79 Å². The maximum atomic E-state index is 12.6. The molecule has 1 aromatic carbocycles. The molecule has 18 heavy (non-hydrogen) atoms. The molecule has 98 valence electrons. The third-order valence-corrected chi connectivity index (χ3v) is 4.65. The molecule has 0 aliphatic carbocycles. The highest BCUT2D eigenvalue weighted by atomic mass is 79.9. The van der Waals surface area contributed by atoms with Gasteiger partial charge < -0.3 is 4.90 Å². The Morgan fingerprint density at radius 1 is 1.39 bits per heavy atom. The van der Waals surface area contributed by atoms with Crippen LogP contribution in [0.25, 0.3) is 0 Å². The molecule has 1 atom stereocenters. The molecular formula is C15H20BrNO. The van der Waals surface area contributed by atoms with Crippen molar-refractivity contribution in [2.24, 2.45) is 0 Å². The second kappa shape index (κ2) is 5.87. The lowest BCUT2D eigenvalue weighted by Crippen LogP contribution is -2.44. The van der Waals surface area contributed by atoms with Crippen LogP contribution < -0.4 is 0 Å². The van der Waals surface area contributed by atoms with Crippen molar-refractivity contribution in [1.29, 1.82) is 0 Å². The average molecular weight is 310 g/mol. The van der Waals surface area contributed by atoms with E-state index in [1.807, 2.05) is 24.0 Å². The SMILES string of the molecule is Cc1cccc(C(=O)N2CCCCC2CBr)c1C. The number of alkyl halides is 1. The topological polar surface area (TPSA) is 20.3 Å². The first kappa shape index (κ1) is 13.6. The van der Waals surface area contributed by atoms with Crippen LogP contribution in [0.3, 0.4) is 0 Å². The van der Waals surface area contributed by atoms with Gasteiger partial charge in [-0.25, -0.2) is 0 Å². The summed E-state index contributed by atoms with van der Waals surface area (Å²) in [6.07, 6.45) is 3.47. The molecule has 0 spiro atoms. The molecule has 2 nitrogen and oxygen atoms in total. The number of nitrogens with zero attached hydrogens (tertiary/aromatic N) is 1. The summed E-state index contributed by atoms with van der Waals surface area (Å²) >= 11 is 3.53. The van der Waals surface area contributed by atoms with E-state index >= 15 is 0 Å². The molecule has 0 saturated carbocycles. The molecule has 2 rings (SSSR count). The predicted molar refractivity (Wildman–Crippen MR) is 78.4 cm³/mol. The summed E-state index contributed by atoms with van der Waals surface area (Å²) < 4.78 is 0. The van der Waals surface area contributed by atoms with Gasteiger partial charge in [-0.05, 0) is 50.3 Å². The summed E-state index contributed by atoms with van der Waals surface area (Å²) in [5.74, 6) is 0.195. The van der Waals surface area contributed by atoms with Gasteiger partial charge in [0.05, 0.1) is 0 Å². The largest absolute Gasteiger partial charge is 0.335 e. The van der Waals surface area contributed by atoms with E-state index in [1.54, 1.807) is 0 Å². The van der Waals surface area contributed by atoms with E-state index < -0.39 is 0 Å². The fraction of sp³-hybridized carbons (Fsp3) is 0.533. The third kappa shape index (κ3) is 2.61. The molecule has 3 heteroatoms. The van der Waals surface area contributed by atoms with Crippen LogP contribution >= 0.6 is 15.9 Å². The maximum Gasteiger partial charge on any atom is 0.254 e. The van der Waals surface area contributed by atoms with E-state index in [4.69, 9.17) is 0 Å². The molecule has 1 heterocycles. The van der Waals surface area contributed by atoms with Gasteiger partial charge in [0.15, 0.2) is 0 Å². The zero-order chi connectivity index (χ0) is 13.1. The van der Waals surface area contributed by atoms with E-state index in [9.17, 15) is 4.79 Å². The predicted octanol–water partition coefficient (Wildman–Crippen LogP) is 3.69. The molecule has 1 unspecified atom stereocenters. The van der Waals surface area contributed by atoms with Crippen LogP contribution in [0.5, 0.6) is 0 Å². The summed E-state index contributed by atoms with van der Waals surface area (Å²) in [5.41, 5.74) is 3.16. The second-order valence-corrected chi connectivity index (χ2v) is 5.70. The minimum Gasteiger partial charge on any atom is -0.335 e. The van der Waals surface area contributed by atoms with Crippen LogP contribution in [0.1, 0.15) is 40.7 Å². The van der Waals surface area contributed by atoms with Crippen LogP contribution in [-0.2, 0) is 0 Å². The quantitative estimate of drug-likeness (QED) is 0.763. The molecule has 0 radical (unpaired) electrons. The highest BCUT2D eigenvalue weighted by molar-refractivity contribution is 9.09. The third-order valence-electron chi connectivity index (χ3n) is 3.90. The smallest absolute Gasteiger partial charge is 0.254 e. The molecule has 1 fully saturated rings. The Morgan fingerprint density at radius 2 is 2.17 bits per heavy atom. The van der Waals surface area contributed by atoms with E-state index in [0.29, 0.717) is 6.04 Å². The molecule has 1 amide bonds. The van der Waals surface area contributed by atoms with Crippen LogP contribution in [0, 0.1) is 13.8 Å². The van der Waals surface area contributed by atoms with Gasteiger partial charge in [0.25, 0.3) is 5.91 Å². The molecule has 1 aromatic rings. The van der Waals surface area contributed by atoms with E-state index in [1.165, 1.54) is 12.0 Å². The molecule has 1 saturated heterocycles. The van der Waals surface area contributed by atoms with Gasteiger partial charge in [-0.1, -0.05) is 28.1 Å². The zero-order valence-corrected chi connectivity index (χ0v) is 12.7. The summed E-state index contributed by atoms with van der Waals surface area (Å²) in [6, 6.07) is 6.34. The van der Waals surface area contributed by atoms with E-state index in [2.05, 4.69) is 28.9 Å². The van der Waals surface area contributed by atoms with Crippen LogP contribution in [0.2, 0.25) is 0 Å². The number of likely N-dealkylation sites (tertiary alicyclic amines) is 1. The highest BCUT2D eigenvalue weighted by Crippen LogP contribution is 2.23. The van der Waals surface area contributed by atoms with E-state index in [0.717, 1.165) is 35.8 Å². The van der Waals surface area contributed by atoms with Gasteiger partial charge >= 0.3 is 0 Å². The minimum absolute atomic E-state index is 0.195. The van der Waals surface area contributed by atoms with Crippen molar-refractivity contribution >= 4 is 21.8 Å². The number of benzene rings is 1. The Labute approximate surface area is 117 Å². The van der Waals surface area contributed by atoms with Gasteiger partial charge in [-0.15, -0.1) is 0 Å². The normalized spacial score (nSPS) is 19.9. The first-order valence-electron chi connectivity index (χ1n) is 6.58. The Balaban J connectivity index is 2.27. The number of aryl methyl sites for hydroxylation is 1. The standard InChI is InChI=1S/C15H20BrNO/c1-11-6-5-8-14(12(11)2)15(18)17-9-4-3-7-13(17)10-16/h5-6,8,13H,3-4,7,9-10H2,1-2H3. The first-order chi connectivity index (χ1) is 8.65. The molecule has 1 aliphatic rings. The fourth-order valence-electron chi connectivity index (χ4n) is 2.57. The number of carbonyl (C=O) groups excluding carboxylic acids is 1. The second-order valence-electron chi connectivity index (χ2n) is 5.05. The van der Waals surface area contributed by atoms with Gasteiger partial charge in [0, 0.05) is 23.5 Å². The molecule has 0 N–H and O–H groups in total. The lowest BCUT2D eigenvalue weighted by molar-refractivity contribution is 0.0641. The van der Waals surface area contributed by atoms with Crippen LogP contribution in [0.4, 0.5) is 0 Å². The highest BCUT2D eigenvalue weighted by Gasteiger charge is 2.27. The Hall–Kier alpha value is -0.830. The molecule has 0 bridgehead atoms. The van der Waals surface area contributed by atoms with Gasteiger partial charge in [-0.3, -0.25) is 4.79 Å². The molecular weight excluding hydrogens is 290 g/mol. The summed E-state index contributed by atoms with van der Waals surface area (Å²) in [7, 11) is 0. The number of hydrogen-bond acceptors (Lipinski definition) is 1. The number of amides is 1. The van der Waals surface area contributed by atoms with Crippen LogP contribution in [0.15, 0.2) is 18.2 Å². The van der Waals surface area contributed by atoms with E-state index in [-0.39, 0.29) is 5.91 Å². The number of piperidine rings is 1. The van der Waals surface area contributed by atoms with Crippen molar-refractivity contribution in [3.05, 3.63) is 34.9 Å². The zero-order valence-electron chi connectivity index (χ0n) is 11.1.